The van der Waals surface area contributed by atoms with Crippen LogP contribution >= 0.6 is 23.5 Å². The SMILES string of the molecule is CC(C)C[C@@H]1C(=O)N[C@H]([C@@H](C)O)C(=O)N[C@H](C)[C@@H](C)C(=O)OC(Cc2ccccc2)C(=O)N(C)[C@@H](C(C)C)C(=O)N2CCC[C@H]2C(=O)N(C)[C@H](Cc2ccccc2)C2=N[C@@H](CS2)C(=O)N[C@H](C)C2=N[C@H](CS2)C(=O)N1C. The van der Waals surface area contributed by atoms with Crippen molar-refractivity contribution in [3.63, 3.8) is 0 Å². The summed E-state index contributed by atoms with van der Waals surface area (Å²) >= 11 is 2.72. The second kappa shape index (κ2) is 26.5. The zero-order valence-corrected chi connectivity index (χ0v) is 47.3. The lowest BCUT2D eigenvalue weighted by Crippen LogP contribution is -2.59. The molecule has 4 aliphatic heterocycles. The smallest absolute Gasteiger partial charge is 0.311 e. The maximum absolute atomic E-state index is 15.0. The molecule has 1 unspecified atom stereocenters. The topological polar surface area (TPSA) is 240 Å². The first-order valence-corrected chi connectivity index (χ1v) is 28.3. The number of likely N-dealkylation sites (N-methyl/N-ethyl adjacent to an activating group) is 3. The predicted molar refractivity (Wildman–Crippen MR) is 294 cm³/mol. The summed E-state index contributed by atoms with van der Waals surface area (Å²) in [5.41, 5.74) is 1.62. The zero-order valence-electron chi connectivity index (χ0n) is 45.6. The van der Waals surface area contributed by atoms with Gasteiger partial charge in [-0.15, -0.1) is 23.5 Å². The number of hydrogen-bond acceptors (Lipinski definition) is 14. The summed E-state index contributed by atoms with van der Waals surface area (Å²) in [6.45, 7) is 13.9. The van der Waals surface area contributed by atoms with Gasteiger partial charge in [-0.2, -0.15) is 0 Å². The maximum Gasteiger partial charge on any atom is 0.311 e. The van der Waals surface area contributed by atoms with Crippen molar-refractivity contribution in [1.82, 2.24) is 35.6 Å². The number of ether oxygens (including phenoxy) is 1. The van der Waals surface area contributed by atoms with Crippen LogP contribution in [-0.2, 0) is 55.9 Å². The van der Waals surface area contributed by atoms with E-state index in [-0.39, 0.29) is 42.9 Å². The summed E-state index contributed by atoms with van der Waals surface area (Å²) in [6.07, 6.45) is -1.34. The van der Waals surface area contributed by atoms with Gasteiger partial charge in [-0.3, -0.25) is 48.3 Å². The molecule has 2 aromatic rings. The van der Waals surface area contributed by atoms with Crippen molar-refractivity contribution in [1.29, 1.82) is 0 Å². The van der Waals surface area contributed by atoms with Gasteiger partial charge in [0.25, 0.3) is 5.91 Å². The molecule has 6 rings (SSSR count). The van der Waals surface area contributed by atoms with Crippen LogP contribution in [0.1, 0.15) is 85.8 Å². The van der Waals surface area contributed by atoms with E-state index >= 15 is 0 Å². The first-order valence-electron chi connectivity index (χ1n) is 26.4. The highest BCUT2D eigenvalue weighted by molar-refractivity contribution is 8.14. The number of benzene rings is 2. The Labute approximate surface area is 455 Å². The molecule has 12 atom stereocenters. The van der Waals surface area contributed by atoms with Crippen LogP contribution < -0.4 is 16.0 Å². The van der Waals surface area contributed by atoms with Crippen LogP contribution in [0.25, 0.3) is 0 Å². The van der Waals surface area contributed by atoms with E-state index in [4.69, 9.17) is 14.7 Å². The van der Waals surface area contributed by atoms with Crippen molar-refractivity contribution < 1.29 is 48.2 Å². The van der Waals surface area contributed by atoms with Crippen molar-refractivity contribution in [2.75, 3.05) is 39.2 Å². The number of nitrogens with one attached hydrogen (secondary N) is 3. The van der Waals surface area contributed by atoms with Crippen molar-refractivity contribution in [2.45, 2.75) is 154 Å². The first kappa shape index (κ1) is 59.4. The van der Waals surface area contributed by atoms with Gasteiger partial charge in [-0.05, 0) is 76.3 Å². The molecule has 4 N–H and O–H groups in total. The summed E-state index contributed by atoms with van der Waals surface area (Å²) in [5, 5.41) is 20.4. The van der Waals surface area contributed by atoms with Crippen LogP contribution in [0.15, 0.2) is 70.6 Å². The van der Waals surface area contributed by atoms with Crippen molar-refractivity contribution in [3.8, 4) is 0 Å². The summed E-state index contributed by atoms with van der Waals surface area (Å²) in [4.78, 5) is 130. The minimum Gasteiger partial charge on any atom is -0.452 e. The molecule has 1 fully saturated rings. The van der Waals surface area contributed by atoms with Crippen molar-refractivity contribution in [3.05, 3.63) is 71.8 Å². The third-order valence-electron chi connectivity index (χ3n) is 14.7. The summed E-state index contributed by atoms with van der Waals surface area (Å²) in [7, 11) is 4.68. The lowest BCUT2D eigenvalue weighted by atomic mass is 9.98. The van der Waals surface area contributed by atoms with Crippen LogP contribution in [0.2, 0.25) is 0 Å². The van der Waals surface area contributed by atoms with Crippen LogP contribution in [0, 0.1) is 17.8 Å². The summed E-state index contributed by atoms with van der Waals surface area (Å²) < 4.78 is 6.05. The fourth-order valence-corrected chi connectivity index (χ4v) is 12.2. The average molecular weight is 1090 g/mol. The van der Waals surface area contributed by atoms with Crippen LogP contribution in [-0.4, -0.2) is 188 Å². The lowest BCUT2D eigenvalue weighted by molar-refractivity contribution is -0.166. The van der Waals surface area contributed by atoms with Gasteiger partial charge in [0.1, 0.15) is 36.3 Å². The number of cyclic esters (lactones) is 1. The van der Waals surface area contributed by atoms with E-state index in [0.29, 0.717) is 40.7 Å². The maximum atomic E-state index is 15.0. The summed E-state index contributed by atoms with van der Waals surface area (Å²) in [6, 6.07) is 10.3. The number of nitrogens with zero attached hydrogens (tertiary/aromatic N) is 6. The van der Waals surface area contributed by atoms with E-state index in [1.807, 2.05) is 64.1 Å². The third kappa shape index (κ3) is 14.4. The number of aliphatic imine (C=N–C) groups is 2. The van der Waals surface area contributed by atoms with Gasteiger partial charge in [-0.25, -0.2) is 0 Å². The Bertz CT molecular complexity index is 2500. The minimum absolute atomic E-state index is 0.0399. The van der Waals surface area contributed by atoms with E-state index in [0.717, 1.165) is 5.56 Å². The van der Waals surface area contributed by atoms with Crippen LogP contribution in [0.3, 0.4) is 0 Å². The molecule has 7 amide bonds. The Hall–Kier alpha value is -5.80. The number of aliphatic hydroxyl groups is 1. The molecule has 2 aromatic carbocycles. The van der Waals surface area contributed by atoms with Gasteiger partial charge < -0.3 is 45.4 Å². The van der Waals surface area contributed by atoms with Gasteiger partial charge in [-0.1, -0.05) is 88.4 Å². The lowest BCUT2D eigenvalue weighted by Gasteiger charge is -2.38. The largest absolute Gasteiger partial charge is 0.452 e. The second-order valence-corrected chi connectivity index (χ2v) is 23.4. The fourth-order valence-electron chi connectivity index (χ4n) is 10.0. The normalized spacial score (nSPS) is 29.8. The second-order valence-electron chi connectivity index (χ2n) is 21.3. The molecule has 4 bridgehead atoms. The number of hydrogen-bond donors (Lipinski definition) is 4. The standard InChI is InChI=1S/C55H77N9O10S2/c1-30(2)25-41-47(67)60-44(35(8)65)48(68)56-33(6)32(5)55(73)74-43(27-37-21-16-13-17-22-37)53(71)63(11)45(31(3)4)54(72)64-24-18-23-40(64)52(70)62(10)42(26-36-19-14-12-15-20-36)50-58-38(28-76-50)46(66)57-34(7)49-59-39(29-75-49)51(69)61(41)9/h12-17,19-22,30-35,38-45,65H,18,23-29H2,1-11H3,(H,56,68)(H,57,66)(H,60,67)/t32-,33-,34-,35-,38+,39-,40+,41-,42-,43?,44-,45+/m1/s1. The number of carbonyl (C=O) groups is 8. The first-order chi connectivity index (χ1) is 36.0. The highest BCUT2D eigenvalue weighted by atomic mass is 32.2. The Morgan fingerprint density at radius 3 is 1.84 bits per heavy atom. The number of fused-ring (bicyclic) bond motifs is 3. The van der Waals surface area contributed by atoms with Gasteiger partial charge in [0, 0.05) is 51.7 Å². The molecule has 414 valence electrons. The molecule has 19 nitrogen and oxygen atoms in total. The number of thioether (sulfide) groups is 2. The number of esters is 1. The van der Waals surface area contributed by atoms with Gasteiger partial charge in [0.05, 0.1) is 34.2 Å². The van der Waals surface area contributed by atoms with Crippen LogP contribution in [0.5, 0.6) is 0 Å². The molecule has 76 heavy (non-hydrogen) atoms. The van der Waals surface area contributed by atoms with Crippen molar-refractivity contribution in [2.24, 2.45) is 27.7 Å². The predicted octanol–water partition coefficient (Wildman–Crippen LogP) is 3.11. The molecule has 0 saturated carbocycles. The van der Waals surface area contributed by atoms with E-state index in [1.54, 1.807) is 55.0 Å². The Kier molecular flexibility index (Phi) is 20.7. The number of carbonyl (C=O) groups excluding carboxylic acids is 8. The molecule has 0 aliphatic carbocycles. The Morgan fingerprint density at radius 2 is 1.24 bits per heavy atom. The molecular formula is C55H77N9O10S2. The van der Waals surface area contributed by atoms with Crippen molar-refractivity contribution >= 4 is 80.9 Å². The van der Waals surface area contributed by atoms with E-state index in [2.05, 4.69) is 16.0 Å². The fraction of sp³-hybridized carbons (Fsp3) is 0.600. The molecule has 0 aromatic heterocycles. The number of aliphatic hydroxyl groups excluding tert-OH is 1. The Balaban J connectivity index is 1.37. The Morgan fingerprint density at radius 1 is 0.658 bits per heavy atom. The van der Waals surface area contributed by atoms with Gasteiger partial charge >= 0.3 is 5.97 Å². The van der Waals surface area contributed by atoms with E-state index < -0.39 is 114 Å². The monoisotopic (exact) mass is 1090 g/mol. The van der Waals surface area contributed by atoms with Gasteiger partial charge in [0.2, 0.25) is 35.4 Å². The molecule has 21 heteroatoms. The number of amides is 7. The number of rotatable bonds is 8. The third-order valence-corrected chi connectivity index (χ3v) is 17.1. The molecule has 1 saturated heterocycles. The minimum atomic E-state index is -1.50. The molecular weight excluding hydrogens is 1010 g/mol. The molecule has 0 radical (unpaired) electrons. The zero-order chi connectivity index (χ0) is 55.7. The van der Waals surface area contributed by atoms with Gasteiger partial charge in [0.15, 0.2) is 6.10 Å². The van der Waals surface area contributed by atoms with Crippen LogP contribution in [0.4, 0.5) is 0 Å². The molecule has 4 heterocycles. The van der Waals surface area contributed by atoms with E-state index in [9.17, 15) is 43.5 Å². The highest BCUT2D eigenvalue weighted by Crippen LogP contribution is 2.30. The highest BCUT2D eigenvalue weighted by Gasteiger charge is 2.46. The molecule has 4 aliphatic rings. The summed E-state index contributed by atoms with van der Waals surface area (Å²) in [5.74, 6) is -5.50. The van der Waals surface area contributed by atoms with E-state index in [1.165, 1.54) is 61.3 Å². The quantitative estimate of drug-likeness (QED) is 0.279. The average Bonchev–Trinajstić information content (AvgIpc) is 4.20. The molecule has 0 spiro atoms.